The number of hydrogen-bond donors (Lipinski definition) is 2. The van der Waals surface area contributed by atoms with E-state index in [9.17, 15) is 13.6 Å². The van der Waals surface area contributed by atoms with E-state index < -0.39 is 17.4 Å². The normalized spacial score (nSPS) is 15.2. The number of hydrogen-bond acceptors (Lipinski definition) is 5. The monoisotopic (exact) mass is 496 g/mol. The molecule has 2 aromatic carbocycles. The van der Waals surface area contributed by atoms with Gasteiger partial charge in [0, 0.05) is 23.2 Å². The first-order valence-electron chi connectivity index (χ1n) is 12.5. The summed E-state index contributed by atoms with van der Waals surface area (Å²) in [6, 6.07) is 12.5. The molecule has 1 saturated heterocycles. The van der Waals surface area contributed by atoms with Crippen molar-refractivity contribution in [3.63, 3.8) is 0 Å². The number of likely N-dealkylation sites (tertiary alicyclic amines) is 1. The van der Waals surface area contributed by atoms with Crippen LogP contribution in [-0.2, 0) is 6.54 Å². The molecule has 0 spiro atoms. The van der Waals surface area contributed by atoms with Crippen LogP contribution in [0.5, 0.6) is 0 Å². The third kappa shape index (κ3) is 5.96. The average molecular weight is 497 g/mol. The predicted octanol–water partition coefficient (Wildman–Crippen LogP) is 4.44. The van der Waals surface area contributed by atoms with Crippen LogP contribution < -0.4 is 11.3 Å². The number of benzene rings is 2. The van der Waals surface area contributed by atoms with Crippen molar-refractivity contribution in [1.82, 2.24) is 25.3 Å². The van der Waals surface area contributed by atoms with Gasteiger partial charge in [-0.25, -0.2) is 19.3 Å². The fraction of sp³-hybridized carbons (Fsp3) is 0.444. The van der Waals surface area contributed by atoms with Gasteiger partial charge in [0.2, 0.25) is 0 Å². The maximum absolute atomic E-state index is 14.8. The maximum Gasteiger partial charge on any atom is 0.265 e. The summed E-state index contributed by atoms with van der Waals surface area (Å²) in [6.07, 6.45) is 4.89. The van der Waals surface area contributed by atoms with E-state index in [1.165, 1.54) is 11.6 Å². The third-order valence-corrected chi connectivity index (χ3v) is 7.33. The number of piperidine rings is 1. The lowest BCUT2D eigenvalue weighted by Crippen LogP contribution is -2.42. The molecule has 1 aromatic heterocycles. The molecule has 0 saturated carbocycles. The standard InChI is InChI=1S/C27H34F2N6O/c1-3-27(29,4-2)18-34-12-10-19(11-13-34)20-6-5-7-21(14-20)25-17-35(33-32-25)16-23-9-8-22(15-24(23)28)26(36)31-30/h5-9,14-15,17,19H,3-4,10-13,16,18,30H2,1-2H3,(H,31,36). The number of nitrogens with one attached hydrogen (secondary N) is 1. The van der Waals surface area contributed by atoms with Crippen LogP contribution in [0.25, 0.3) is 11.3 Å². The fourth-order valence-corrected chi connectivity index (χ4v) is 4.83. The summed E-state index contributed by atoms with van der Waals surface area (Å²) in [7, 11) is 0. The molecule has 0 radical (unpaired) electrons. The van der Waals surface area contributed by atoms with Crippen molar-refractivity contribution in [2.45, 2.75) is 57.7 Å². The van der Waals surface area contributed by atoms with Crippen molar-refractivity contribution in [1.29, 1.82) is 0 Å². The van der Waals surface area contributed by atoms with Crippen LogP contribution in [0.15, 0.2) is 48.7 Å². The molecule has 0 unspecified atom stereocenters. The van der Waals surface area contributed by atoms with Gasteiger partial charge in [0.15, 0.2) is 0 Å². The Bertz CT molecular complexity index is 1180. The summed E-state index contributed by atoms with van der Waals surface area (Å²) in [6.45, 7) is 6.34. The second-order valence-electron chi connectivity index (χ2n) is 9.61. The molecule has 7 nitrogen and oxygen atoms in total. The van der Waals surface area contributed by atoms with Gasteiger partial charge >= 0.3 is 0 Å². The van der Waals surface area contributed by atoms with Crippen molar-refractivity contribution in [3.8, 4) is 11.3 Å². The van der Waals surface area contributed by atoms with E-state index in [4.69, 9.17) is 5.84 Å². The van der Waals surface area contributed by atoms with Crippen molar-refractivity contribution < 1.29 is 13.6 Å². The minimum atomic E-state index is -1.09. The number of halogens is 2. The Labute approximate surface area is 210 Å². The van der Waals surface area contributed by atoms with Crippen molar-refractivity contribution in [2.75, 3.05) is 19.6 Å². The summed E-state index contributed by atoms with van der Waals surface area (Å²) in [5, 5.41) is 8.45. The van der Waals surface area contributed by atoms with E-state index in [2.05, 4.69) is 27.3 Å². The van der Waals surface area contributed by atoms with Crippen LogP contribution in [0.4, 0.5) is 8.78 Å². The van der Waals surface area contributed by atoms with E-state index in [-0.39, 0.29) is 12.1 Å². The molecule has 0 aliphatic carbocycles. The minimum Gasteiger partial charge on any atom is -0.300 e. The van der Waals surface area contributed by atoms with Crippen LogP contribution in [0.2, 0.25) is 0 Å². The van der Waals surface area contributed by atoms with E-state index in [1.54, 1.807) is 16.9 Å². The SMILES string of the molecule is CCC(F)(CC)CN1CCC(c2cccc(-c3cn(Cc4ccc(C(=O)NN)cc4F)nn3)c2)CC1. The fourth-order valence-electron chi connectivity index (χ4n) is 4.83. The van der Waals surface area contributed by atoms with Crippen molar-refractivity contribution >= 4 is 5.91 Å². The molecule has 4 rings (SSSR count). The highest BCUT2D eigenvalue weighted by molar-refractivity contribution is 5.93. The lowest BCUT2D eigenvalue weighted by atomic mass is 9.87. The summed E-state index contributed by atoms with van der Waals surface area (Å²) >= 11 is 0. The summed E-state index contributed by atoms with van der Waals surface area (Å²) in [5.41, 5.74) is 4.36. The molecule has 1 fully saturated rings. The Morgan fingerprint density at radius 2 is 1.92 bits per heavy atom. The van der Waals surface area contributed by atoms with Gasteiger partial charge in [0.25, 0.3) is 5.91 Å². The number of rotatable bonds is 9. The van der Waals surface area contributed by atoms with E-state index in [1.807, 2.05) is 31.4 Å². The lowest BCUT2D eigenvalue weighted by Gasteiger charge is -2.36. The molecular formula is C27H34F2N6O. The van der Waals surface area contributed by atoms with Crippen molar-refractivity contribution in [3.05, 3.63) is 71.2 Å². The number of carbonyl (C=O) groups is 1. The third-order valence-electron chi connectivity index (χ3n) is 7.33. The predicted molar refractivity (Wildman–Crippen MR) is 135 cm³/mol. The average Bonchev–Trinajstić information content (AvgIpc) is 3.38. The van der Waals surface area contributed by atoms with Gasteiger partial charge in [-0.15, -0.1) is 5.10 Å². The second-order valence-corrected chi connectivity index (χ2v) is 9.61. The highest BCUT2D eigenvalue weighted by atomic mass is 19.1. The molecule has 1 aliphatic rings. The molecule has 192 valence electrons. The second kappa shape index (κ2) is 11.3. The Morgan fingerprint density at radius 3 is 2.58 bits per heavy atom. The van der Waals surface area contributed by atoms with Gasteiger partial charge in [-0.1, -0.05) is 43.3 Å². The van der Waals surface area contributed by atoms with Gasteiger partial charge < -0.3 is 4.90 Å². The van der Waals surface area contributed by atoms with Gasteiger partial charge in [0.1, 0.15) is 17.2 Å². The number of aromatic nitrogens is 3. The molecule has 0 bridgehead atoms. The van der Waals surface area contributed by atoms with Crippen LogP contribution in [0.1, 0.15) is 66.9 Å². The Balaban J connectivity index is 1.40. The Hall–Kier alpha value is -3.17. The molecule has 3 aromatic rings. The molecule has 9 heteroatoms. The lowest BCUT2D eigenvalue weighted by molar-refractivity contribution is 0.0702. The topological polar surface area (TPSA) is 89.1 Å². The van der Waals surface area contributed by atoms with Crippen LogP contribution >= 0.6 is 0 Å². The van der Waals surface area contributed by atoms with Crippen LogP contribution in [-0.4, -0.2) is 51.1 Å². The highest BCUT2D eigenvalue weighted by Gasteiger charge is 2.30. The van der Waals surface area contributed by atoms with Gasteiger partial charge in [-0.05, 0) is 68.5 Å². The zero-order chi connectivity index (χ0) is 25.7. The molecule has 1 amide bonds. The highest BCUT2D eigenvalue weighted by Crippen LogP contribution is 2.32. The molecule has 3 N–H and O–H groups in total. The largest absolute Gasteiger partial charge is 0.300 e. The zero-order valence-electron chi connectivity index (χ0n) is 20.9. The molecule has 0 atom stereocenters. The number of hydrazine groups is 1. The number of alkyl halides is 1. The van der Waals surface area contributed by atoms with E-state index in [0.717, 1.165) is 37.6 Å². The summed E-state index contributed by atoms with van der Waals surface area (Å²) in [4.78, 5) is 13.8. The molecule has 36 heavy (non-hydrogen) atoms. The molecular weight excluding hydrogens is 462 g/mol. The number of amides is 1. The molecule has 2 heterocycles. The number of nitrogen functional groups attached to an aromatic ring is 1. The Morgan fingerprint density at radius 1 is 1.17 bits per heavy atom. The van der Waals surface area contributed by atoms with Crippen LogP contribution in [0.3, 0.4) is 0 Å². The van der Waals surface area contributed by atoms with Gasteiger partial charge in [-0.2, -0.15) is 0 Å². The van der Waals surface area contributed by atoms with E-state index >= 15 is 0 Å². The van der Waals surface area contributed by atoms with Crippen LogP contribution in [0, 0.1) is 5.82 Å². The Kier molecular flexibility index (Phi) is 8.11. The summed E-state index contributed by atoms with van der Waals surface area (Å²) in [5.74, 6) is 4.47. The quantitative estimate of drug-likeness (QED) is 0.260. The first-order chi connectivity index (χ1) is 17.3. The van der Waals surface area contributed by atoms with Gasteiger partial charge in [-0.3, -0.25) is 10.2 Å². The first-order valence-corrected chi connectivity index (χ1v) is 12.5. The van der Waals surface area contributed by atoms with Gasteiger partial charge in [0.05, 0.1) is 12.7 Å². The minimum absolute atomic E-state index is 0.153. The van der Waals surface area contributed by atoms with Crippen molar-refractivity contribution in [2.24, 2.45) is 5.84 Å². The number of nitrogens with zero attached hydrogens (tertiary/aromatic N) is 4. The maximum atomic E-state index is 14.8. The van der Waals surface area contributed by atoms with E-state index in [0.29, 0.717) is 36.6 Å². The number of carbonyl (C=O) groups excluding carboxylic acids is 1. The summed E-state index contributed by atoms with van der Waals surface area (Å²) < 4.78 is 30.9. The zero-order valence-corrected chi connectivity index (χ0v) is 20.9. The number of nitrogens with two attached hydrogens (primary N) is 1. The molecule has 1 aliphatic heterocycles. The smallest absolute Gasteiger partial charge is 0.265 e. The first kappa shape index (κ1) is 25.9.